The molecule has 4 rings (SSSR count). The summed E-state index contributed by atoms with van der Waals surface area (Å²) in [6, 6.07) is 5.28. The van der Waals surface area contributed by atoms with E-state index in [1.807, 2.05) is 0 Å². The van der Waals surface area contributed by atoms with Gasteiger partial charge >= 0.3 is 0 Å². The second-order valence-electron chi connectivity index (χ2n) is 5.97. The predicted molar refractivity (Wildman–Crippen MR) is 89.6 cm³/mol. The van der Waals surface area contributed by atoms with E-state index in [-0.39, 0.29) is 17.7 Å². The maximum Gasteiger partial charge on any atom is 0.270 e. The van der Waals surface area contributed by atoms with Gasteiger partial charge in [0.15, 0.2) is 0 Å². The lowest BCUT2D eigenvalue weighted by molar-refractivity contribution is -0.116. The summed E-state index contributed by atoms with van der Waals surface area (Å²) in [5, 5.41) is 11.2. The van der Waals surface area contributed by atoms with Gasteiger partial charge in [0, 0.05) is 28.6 Å². The molecule has 0 radical (unpaired) electrons. The minimum Gasteiger partial charge on any atom is -0.346 e. The maximum atomic E-state index is 12.4. The van der Waals surface area contributed by atoms with E-state index in [4.69, 9.17) is 11.8 Å². The van der Waals surface area contributed by atoms with Crippen LogP contribution in [-0.4, -0.2) is 42.2 Å². The Hall–Kier alpha value is -1.77. The van der Waals surface area contributed by atoms with Gasteiger partial charge in [-0.05, 0) is 44.0 Å². The zero-order valence-electron chi connectivity index (χ0n) is 12.3. The van der Waals surface area contributed by atoms with Crippen LogP contribution in [0.4, 0.5) is 0 Å². The number of rotatable bonds is 3. The van der Waals surface area contributed by atoms with E-state index >= 15 is 0 Å². The third kappa shape index (κ3) is 2.90. The number of thiol groups is 1. The molecule has 2 bridgehead atoms. The van der Waals surface area contributed by atoms with Crippen molar-refractivity contribution >= 4 is 24.2 Å². The normalized spacial score (nSPS) is 26.3. The quantitative estimate of drug-likeness (QED) is 0.450. The van der Waals surface area contributed by atoms with Crippen molar-refractivity contribution in [1.82, 2.24) is 10.2 Å². The van der Waals surface area contributed by atoms with E-state index in [0.29, 0.717) is 21.9 Å². The van der Waals surface area contributed by atoms with Gasteiger partial charge in [0.05, 0.1) is 0 Å². The van der Waals surface area contributed by atoms with E-state index in [0.717, 1.165) is 32.5 Å². The fourth-order valence-corrected chi connectivity index (χ4v) is 3.65. The average molecular weight is 313 g/mol. The van der Waals surface area contributed by atoms with Crippen molar-refractivity contribution in [3.63, 3.8) is 0 Å². The molecule has 0 saturated carbocycles. The van der Waals surface area contributed by atoms with Crippen LogP contribution < -0.4 is 5.32 Å². The Kier molecular flexibility index (Phi) is 4.23. The summed E-state index contributed by atoms with van der Waals surface area (Å²) >= 11 is 4.34. The van der Waals surface area contributed by atoms with Crippen LogP contribution in [-0.2, 0) is 4.79 Å². The van der Waals surface area contributed by atoms with Gasteiger partial charge in [0.1, 0.15) is 5.71 Å². The first-order chi connectivity index (χ1) is 10.6. The van der Waals surface area contributed by atoms with Crippen LogP contribution in [0.15, 0.2) is 23.1 Å². The lowest BCUT2D eigenvalue weighted by atomic mass is 9.84. The van der Waals surface area contributed by atoms with Gasteiger partial charge in [0.2, 0.25) is 0 Å². The van der Waals surface area contributed by atoms with Crippen LogP contribution in [0.5, 0.6) is 0 Å². The predicted octanol–water partition coefficient (Wildman–Crippen LogP) is 1.53. The van der Waals surface area contributed by atoms with Crippen LogP contribution in [0.1, 0.15) is 24.0 Å². The molecule has 3 saturated heterocycles. The number of terminal acetylenes is 1. The molecule has 5 heteroatoms. The third-order valence-corrected chi connectivity index (χ3v) is 5.00. The molecule has 0 aliphatic carbocycles. The molecule has 1 atom stereocenters. The summed E-state index contributed by atoms with van der Waals surface area (Å²) in [4.78, 5) is 15.3. The molecule has 1 aromatic rings. The first kappa shape index (κ1) is 15.1. The highest BCUT2D eigenvalue weighted by Gasteiger charge is 2.35. The fraction of sp³-hybridized carbons (Fsp3) is 0.412. The van der Waals surface area contributed by atoms with Crippen molar-refractivity contribution in [3.05, 3.63) is 29.3 Å². The summed E-state index contributed by atoms with van der Waals surface area (Å²) in [5.74, 6) is 2.73. The van der Waals surface area contributed by atoms with Gasteiger partial charge in [-0.25, -0.2) is 0 Å². The molecule has 1 aromatic carbocycles. The fourth-order valence-electron chi connectivity index (χ4n) is 3.32. The molecule has 2 N–H and O–H groups in total. The lowest BCUT2D eigenvalue weighted by Crippen LogP contribution is -2.58. The van der Waals surface area contributed by atoms with Gasteiger partial charge in [0.25, 0.3) is 5.91 Å². The van der Waals surface area contributed by atoms with Gasteiger partial charge in [-0.2, -0.15) is 0 Å². The van der Waals surface area contributed by atoms with Crippen molar-refractivity contribution in [3.8, 4) is 12.3 Å². The van der Waals surface area contributed by atoms with Gasteiger partial charge < -0.3 is 10.2 Å². The van der Waals surface area contributed by atoms with E-state index in [1.165, 1.54) is 0 Å². The third-order valence-electron chi connectivity index (χ3n) is 4.63. The summed E-state index contributed by atoms with van der Waals surface area (Å²) < 4.78 is 0. The van der Waals surface area contributed by atoms with E-state index in [2.05, 4.69) is 28.8 Å². The Morgan fingerprint density at radius 3 is 2.68 bits per heavy atom. The molecule has 1 amide bonds. The standard InChI is InChI=1S/C17H19N3OS/c1-2-11-3-4-13(15(22)9-11)16(18)17(21)19-14-10-20-7-5-12(14)6-8-20/h1,3-4,9,12,14,18,22H,5-8,10H2,(H,19,21)/t14-/m1/s1. The molecule has 3 aliphatic rings. The minimum atomic E-state index is -0.331. The highest BCUT2D eigenvalue weighted by atomic mass is 32.1. The van der Waals surface area contributed by atoms with Crippen molar-refractivity contribution in [2.24, 2.45) is 5.92 Å². The summed E-state index contributed by atoms with van der Waals surface area (Å²) in [6.45, 7) is 3.15. The number of benzene rings is 1. The molecule has 3 fully saturated rings. The number of carbonyl (C=O) groups is 1. The molecule has 4 nitrogen and oxygen atoms in total. The van der Waals surface area contributed by atoms with Crippen molar-refractivity contribution < 1.29 is 4.79 Å². The van der Waals surface area contributed by atoms with Crippen LogP contribution in [0, 0.1) is 23.7 Å². The van der Waals surface area contributed by atoms with Crippen molar-refractivity contribution in [1.29, 1.82) is 5.41 Å². The Morgan fingerprint density at radius 1 is 1.41 bits per heavy atom. The van der Waals surface area contributed by atoms with E-state index in [9.17, 15) is 4.79 Å². The zero-order chi connectivity index (χ0) is 15.7. The summed E-state index contributed by atoms with van der Waals surface area (Å²) in [7, 11) is 0. The lowest BCUT2D eigenvalue weighted by Gasteiger charge is -2.44. The van der Waals surface area contributed by atoms with Crippen LogP contribution in [0.3, 0.4) is 0 Å². The smallest absolute Gasteiger partial charge is 0.270 e. The molecule has 114 valence electrons. The monoisotopic (exact) mass is 313 g/mol. The summed E-state index contributed by atoms with van der Waals surface area (Å²) in [5.41, 5.74) is 1.16. The molecule has 0 unspecified atom stereocenters. The second-order valence-corrected chi connectivity index (χ2v) is 6.45. The van der Waals surface area contributed by atoms with Crippen molar-refractivity contribution in [2.45, 2.75) is 23.8 Å². The van der Waals surface area contributed by atoms with Crippen LogP contribution in [0.2, 0.25) is 0 Å². The van der Waals surface area contributed by atoms with Gasteiger partial charge in [-0.15, -0.1) is 19.1 Å². The SMILES string of the molecule is C#Cc1ccc(C(=N)C(=O)N[C@@H]2CN3CCC2CC3)c(S)c1. The van der Waals surface area contributed by atoms with Crippen LogP contribution in [0.25, 0.3) is 0 Å². The second kappa shape index (κ2) is 6.15. The van der Waals surface area contributed by atoms with Crippen LogP contribution >= 0.6 is 12.6 Å². The van der Waals surface area contributed by atoms with E-state index < -0.39 is 0 Å². The average Bonchev–Trinajstić information content (AvgIpc) is 2.55. The topological polar surface area (TPSA) is 56.2 Å². The molecular formula is C17H19N3OS. The number of hydrogen-bond acceptors (Lipinski definition) is 4. The number of nitrogens with one attached hydrogen (secondary N) is 2. The first-order valence-corrected chi connectivity index (χ1v) is 7.95. The minimum absolute atomic E-state index is 0.0509. The largest absolute Gasteiger partial charge is 0.346 e. The zero-order valence-corrected chi connectivity index (χ0v) is 13.2. The number of carbonyl (C=O) groups excluding carboxylic acids is 1. The maximum absolute atomic E-state index is 12.4. The Morgan fingerprint density at radius 2 is 2.14 bits per heavy atom. The number of amides is 1. The molecule has 22 heavy (non-hydrogen) atoms. The van der Waals surface area contributed by atoms with Gasteiger partial charge in [-0.3, -0.25) is 10.2 Å². The number of fused-ring (bicyclic) bond motifs is 3. The molecule has 0 aromatic heterocycles. The first-order valence-electron chi connectivity index (χ1n) is 7.50. The highest BCUT2D eigenvalue weighted by molar-refractivity contribution is 7.80. The molecule has 3 heterocycles. The van der Waals surface area contributed by atoms with Crippen molar-refractivity contribution in [2.75, 3.05) is 19.6 Å². The number of hydrogen-bond donors (Lipinski definition) is 3. The highest BCUT2D eigenvalue weighted by Crippen LogP contribution is 2.27. The van der Waals surface area contributed by atoms with Gasteiger partial charge in [-0.1, -0.05) is 12.0 Å². The van der Waals surface area contributed by atoms with E-state index in [1.54, 1.807) is 18.2 Å². The Bertz CT molecular complexity index is 656. The Labute approximate surface area is 136 Å². The Balaban J connectivity index is 1.70. The molecule has 3 aliphatic heterocycles. The summed E-state index contributed by atoms with van der Waals surface area (Å²) in [6.07, 6.45) is 7.61. The number of piperidine rings is 3. The molecular weight excluding hydrogens is 294 g/mol. The molecule has 0 spiro atoms. The number of nitrogens with zero attached hydrogens (tertiary/aromatic N) is 1.